The van der Waals surface area contributed by atoms with Crippen molar-refractivity contribution < 1.29 is 14.3 Å². The number of halogens is 1. The average molecular weight is 298 g/mol. The second kappa shape index (κ2) is 6.46. The Bertz CT molecular complexity index is 504. The van der Waals surface area contributed by atoms with Crippen LogP contribution in [0.4, 0.5) is 5.69 Å². The molecule has 1 saturated heterocycles. The molecule has 2 rings (SSSR count). The van der Waals surface area contributed by atoms with Gasteiger partial charge in [0, 0.05) is 30.8 Å². The first-order valence-corrected chi connectivity index (χ1v) is 7.12. The first-order valence-electron chi connectivity index (χ1n) is 6.74. The highest BCUT2D eigenvalue weighted by molar-refractivity contribution is 6.31. The number of ether oxygens (including phenoxy) is 2. The molecule has 1 aliphatic heterocycles. The number of nitrogens with zero attached hydrogens (tertiary/aromatic N) is 1. The quantitative estimate of drug-likeness (QED) is 0.783. The summed E-state index contributed by atoms with van der Waals surface area (Å²) >= 11 is 6.23. The maximum Gasteiger partial charge on any atom is 0.328 e. The molecule has 1 aliphatic rings. The van der Waals surface area contributed by atoms with E-state index in [2.05, 4.69) is 4.90 Å². The Morgan fingerprint density at radius 2 is 2.20 bits per heavy atom. The van der Waals surface area contributed by atoms with Gasteiger partial charge in [-0.3, -0.25) is 0 Å². The van der Waals surface area contributed by atoms with Gasteiger partial charge in [0.1, 0.15) is 6.04 Å². The van der Waals surface area contributed by atoms with Crippen LogP contribution in [0.5, 0.6) is 0 Å². The van der Waals surface area contributed by atoms with Crippen LogP contribution in [0.25, 0.3) is 0 Å². The first kappa shape index (κ1) is 15.1. The van der Waals surface area contributed by atoms with Crippen molar-refractivity contribution in [3.8, 4) is 0 Å². The molecule has 1 fully saturated rings. The highest BCUT2D eigenvalue weighted by Gasteiger charge is 2.33. The van der Waals surface area contributed by atoms with Gasteiger partial charge in [0.2, 0.25) is 0 Å². The monoisotopic (exact) mass is 297 g/mol. The minimum Gasteiger partial charge on any atom is -0.464 e. The zero-order chi connectivity index (χ0) is 14.7. The second-order valence-corrected chi connectivity index (χ2v) is 5.40. The number of hydrogen-bond donors (Lipinski definition) is 0. The van der Waals surface area contributed by atoms with Crippen molar-refractivity contribution in [2.75, 3.05) is 31.8 Å². The van der Waals surface area contributed by atoms with Gasteiger partial charge in [-0.1, -0.05) is 17.7 Å². The normalized spacial score (nSPS) is 18.2. The molecule has 0 aromatic heterocycles. The summed E-state index contributed by atoms with van der Waals surface area (Å²) in [5.41, 5.74) is 3.10. The molecule has 1 heterocycles. The van der Waals surface area contributed by atoms with Gasteiger partial charge >= 0.3 is 5.97 Å². The van der Waals surface area contributed by atoms with Crippen LogP contribution in [-0.2, 0) is 14.3 Å². The van der Waals surface area contributed by atoms with E-state index in [1.54, 1.807) is 7.11 Å². The lowest BCUT2D eigenvalue weighted by Gasteiger charge is -2.31. The number of anilines is 1. The van der Waals surface area contributed by atoms with Crippen LogP contribution in [0.15, 0.2) is 12.1 Å². The molecule has 1 unspecified atom stereocenters. The van der Waals surface area contributed by atoms with Gasteiger partial charge < -0.3 is 14.4 Å². The fourth-order valence-corrected chi connectivity index (χ4v) is 2.79. The third-order valence-corrected chi connectivity index (χ3v) is 4.08. The molecular weight excluding hydrogens is 278 g/mol. The summed E-state index contributed by atoms with van der Waals surface area (Å²) in [6.07, 6.45) is 0.702. The number of benzene rings is 1. The summed E-state index contributed by atoms with van der Waals surface area (Å²) in [4.78, 5) is 14.0. The summed E-state index contributed by atoms with van der Waals surface area (Å²) in [7, 11) is 1.66. The molecule has 5 heteroatoms. The number of methoxy groups -OCH3 is 1. The predicted molar refractivity (Wildman–Crippen MR) is 79.5 cm³/mol. The van der Waals surface area contributed by atoms with Crippen molar-refractivity contribution in [3.63, 3.8) is 0 Å². The number of carbonyl (C=O) groups is 1. The summed E-state index contributed by atoms with van der Waals surface area (Å²) in [6.45, 7) is 5.67. The molecule has 0 spiro atoms. The third-order valence-electron chi connectivity index (χ3n) is 3.67. The number of carbonyl (C=O) groups excluding carboxylic acids is 1. The van der Waals surface area contributed by atoms with E-state index in [1.807, 2.05) is 26.0 Å². The minimum atomic E-state index is -0.249. The molecule has 0 amide bonds. The Kier molecular flexibility index (Phi) is 4.89. The molecule has 0 aliphatic carbocycles. The highest BCUT2D eigenvalue weighted by atomic mass is 35.5. The van der Waals surface area contributed by atoms with Crippen LogP contribution in [0.3, 0.4) is 0 Å². The van der Waals surface area contributed by atoms with E-state index in [0.717, 1.165) is 16.8 Å². The molecule has 0 N–H and O–H groups in total. The van der Waals surface area contributed by atoms with Crippen molar-refractivity contribution in [1.82, 2.24) is 0 Å². The van der Waals surface area contributed by atoms with Crippen LogP contribution >= 0.6 is 11.6 Å². The summed E-state index contributed by atoms with van der Waals surface area (Å²) < 4.78 is 10.3. The van der Waals surface area contributed by atoms with Crippen molar-refractivity contribution >= 4 is 23.3 Å². The van der Waals surface area contributed by atoms with Gasteiger partial charge in [0.05, 0.1) is 13.2 Å². The van der Waals surface area contributed by atoms with Gasteiger partial charge in [0.15, 0.2) is 0 Å². The van der Waals surface area contributed by atoms with Crippen molar-refractivity contribution in [3.05, 3.63) is 28.3 Å². The van der Waals surface area contributed by atoms with E-state index in [-0.39, 0.29) is 12.0 Å². The molecule has 1 aromatic rings. The van der Waals surface area contributed by atoms with Crippen molar-refractivity contribution in [2.24, 2.45) is 0 Å². The zero-order valence-corrected chi connectivity index (χ0v) is 12.9. The van der Waals surface area contributed by atoms with E-state index in [9.17, 15) is 4.79 Å². The Hall–Kier alpha value is -1.26. The number of esters is 1. The van der Waals surface area contributed by atoms with E-state index in [4.69, 9.17) is 21.1 Å². The van der Waals surface area contributed by atoms with Gasteiger partial charge in [-0.2, -0.15) is 0 Å². The number of rotatable bonds is 5. The Labute approximate surface area is 124 Å². The smallest absolute Gasteiger partial charge is 0.328 e. The highest BCUT2D eigenvalue weighted by Crippen LogP contribution is 2.33. The molecule has 1 atom stereocenters. The summed E-state index contributed by atoms with van der Waals surface area (Å²) in [6, 6.07) is 3.61. The lowest BCUT2D eigenvalue weighted by Crippen LogP contribution is -2.41. The molecule has 0 bridgehead atoms. The van der Waals surface area contributed by atoms with Gasteiger partial charge in [0.25, 0.3) is 0 Å². The maximum atomic E-state index is 11.9. The van der Waals surface area contributed by atoms with Gasteiger partial charge in [-0.15, -0.1) is 0 Å². The Morgan fingerprint density at radius 1 is 1.45 bits per heavy atom. The van der Waals surface area contributed by atoms with E-state index in [1.165, 1.54) is 0 Å². The van der Waals surface area contributed by atoms with Crippen molar-refractivity contribution in [2.45, 2.75) is 26.3 Å². The Morgan fingerprint density at radius 3 is 2.80 bits per heavy atom. The van der Waals surface area contributed by atoms with Gasteiger partial charge in [-0.25, -0.2) is 4.79 Å². The molecule has 1 aromatic carbocycles. The predicted octanol–water partition coefficient (Wildman–Crippen LogP) is 2.73. The Balaban J connectivity index is 2.40. The molecule has 4 nitrogen and oxygen atoms in total. The topological polar surface area (TPSA) is 38.8 Å². The molecule has 20 heavy (non-hydrogen) atoms. The summed E-state index contributed by atoms with van der Waals surface area (Å²) in [5, 5.41) is 0.708. The summed E-state index contributed by atoms with van der Waals surface area (Å²) in [5.74, 6) is -0.167. The number of hydrogen-bond acceptors (Lipinski definition) is 4. The average Bonchev–Trinajstić information content (AvgIpc) is 2.84. The lowest BCUT2D eigenvalue weighted by molar-refractivity contribution is -0.139. The molecule has 0 radical (unpaired) electrons. The third kappa shape index (κ3) is 2.91. The van der Waals surface area contributed by atoms with E-state index < -0.39 is 0 Å². The van der Waals surface area contributed by atoms with E-state index in [0.29, 0.717) is 31.2 Å². The maximum absolute atomic E-state index is 11.9. The number of aryl methyl sites for hydroxylation is 1. The van der Waals surface area contributed by atoms with Crippen LogP contribution in [-0.4, -0.2) is 38.9 Å². The fourth-order valence-electron chi connectivity index (χ4n) is 2.63. The van der Waals surface area contributed by atoms with Crippen LogP contribution in [0.2, 0.25) is 5.02 Å². The number of cyclic esters (lactones) is 1. The van der Waals surface area contributed by atoms with Crippen molar-refractivity contribution in [1.29, 1.82) is 0 Å². The molecular formula is C15H20ClNO3. The lowest BCUT2D eigenvalue weighted by atomic mass is 10.0. The molecule has 0 saturated carbocycles. The van der Waals surface area contributed by atoms with Crippen LogP contribution in [0.1, 0.15) is 17.5 Å². The SMILES string of the molecule is COCCN(c1c(C)ccc(Cl)c1C)C1CCOC1=O. The standard InChI is InChI=1S/C15H20ClNO3/c1-10-4-5-12(16)11(2)14(10)17(7-9-19-3)13-6-8-20-15(13)18/h4-5,13H,6-9H2,1-3H3. The molecule has 110 valence electrons. The largest absolute Gasteiger partial charge is 0.464 e. The first-order chi connectivity index (χ1) is 9.56. The second-order valence-electron chi connectivity index (χ2n) is 5.00. The van der Waals surface area contributed by atoms with Crippen LogP contribution in [0, 0.1) is 13.8 Å². The minimum absolute atomic E-state index is 0.167. The van der Waals surface area contributed by atoms with Crippen LogP contribution < -0.4 is 4.90 Å². The zero-order valence-electron chi connectivity index (χ0n) is 12.1. The van der Waals surface area contributed by atoms with E-state index >= 15 is 0 Å². The fraction of sp³-hybridized carbons (Fsp3) is 0.533. The van der Waals surface area contributed by atoms with Gasteiger partial charge in [-0.05, 0) is 31.0 Å².